The summed E-state index contributed by atoms with van der Waals surface area (Å²) in [7, 11) is 0. The second-order valence-electron chi connectivity index (χ2n) is 5.17. The van der Waals surface area contributed by atoms with Gasteiger partial charge in [-0.2, -0.15) is 4.98 Å². The van der Waals surface area contributed by atoms with E-state index < -0.39 is 0 Å². The molecular weight excluding hydrogens is 317 g/mol. The smallest absolute Gasteiger partial charge is 0.240 e. The second-order valence-corrected chi connectivity index (χ2v) is 5.61. The van der Waals surface area contributed by atoms with Crippen LogP contribution in [0.25, 0.3) is 11.4 Å². The van der Waals surface area contributed by atoms with E-state index in [0.717, 1.165) is 5.56 Å². The molecule has 0 amide bonds. The summed E-state index contributed by atoms with van der Waals surface area (Å²) >= 11 is 5.88. The molecule has 3 rings (SSSR count). The van der Waals surface area contributed by atoms with Crippen LogP contribution in [-0.4, -0.2) is 10.1 Å². The fraction of sp³-hybridized carbons (Fsp3) is 0.176. The molecule has 0 spiro atoms. The number of halogens is 2. The molecule has 1 aromatic heterocycles. The minimum atomic E-state index is -0.295. The van der Waals surface area contributed by atoms with Crippen LogP contribution in [0.15, 0.2) is 53.1 Å². The van der Waals surface area contributed by atoms with Gasteiger partial charge in [-0.1, -0.05) is 28.9 Å². The number of benzene rings is 2. The largest absolute Gasteiger partial charge is 0.338 e. The van der Waals surface area contributed by atoms with Crippen molar-refractivity contribution in [3.05, 3.63) is 70.8 Å². The van der Waals surface area contributed by atoms with Gasteiger partial charge < -0.3 is 9.84 Å². The first-order valence-electron chi connectivity index (χ1n) is 7.19. The first-order valence-corrected chi connectivity index (χ1v) is 7.57. The zero-order chi connectivity index (χ0) is 16.2. The van der Waals surface area contributed by atoms with Crippen LogP contribution in [0.1, 0.15) is 24.4 Å². The van der Waals surface area contributed by atoms with Crippen molar-refractivity contribution in [1.29, 1.82) is 0 Å². The van der Waals surface area contributed by atoms with Gasteiger partial charge in [0.1, 0.15) is 5.82 Å². The van der Waals surface area contributed by atoms with Gasteiger partial charge in [0.2, 0.25) is 11.7 Å². The maximum atomic E-state index is 12.9. The molecule has 1 N–H and O–H groups in total. The Bertz CT molecular complexity index is 771. The van der Waals surface area contributed by atoms with Gasteiger partial charge in [0.05, 0.1) is 6.54 Å². The molecule has 23 heavy (non-hydrogen) atoms. The van der Waals surface area contributed by atoms with Crippen LogP contribution in [0.5, 0.6) is 0 Å². The molecule has 0 aliphatic heterocycles. The Morgan fingerprint density at radius 2 is 1.83 bits per heavy atom. The predicted molar refractivity (Wildman–Crippen MR) is 86.4 cm³/mol. The normalized spacial score (nSPS) is 12.3. The Balaban J connectivity index is 1.63. The molecule has 0 bridgehead atoms. The molecule has 0 saturated heterocycles. The maximum absolute atomic E-state index is 12.9. The van der Waals surface area contributed by atoms with Crippen LogP contribution in [0, 0.1) is 5.82 Å². The zero-order valence-electron chi connectivity index (χ0n) is 12.5. The van der Waals surface area contributed by atoms with Crippen LogP contribution in [0.4, 0.5) is 4.39 Å². The molecule has 0 aliphatic carbocycles. The summed E-state index contributed by atoms with van der Waals surface area (Å²) < 4.78 is 18.1. The number of hydrogen-bond acceptors (Lipinski definition) is 4. The van der Waals surface area contributed by atoms with Gasteiger partial charge in [-0.15, -0.1) is 0 Å². The Labute approximate surface area is 138 Å². The maximum Gasteiger partial charge on any atom is 0.240 e. The standard InChI is InChI=1S/C17H15ClFN3O/c1-11(12-2-6-14(18)7-3-12)20-10-16-21-17(22-23-16)13-4-8-15(19)9-5-13/h2-9,11,20H,10H2,1H3. The van der Waals surface area contributed by atoms with Crippen LogP contribution in [0.3, 0.4) is 0 Å². The van der Waals surface area contributed by atoms with E-state index in [0.29, 0.717) is 28.8 Å². The van der Waals surface area contributed by atoms with Crippen molar-refractivity contribution in [1.82, 2.24) is 15.5 Å². The molecule has 2 aromatic carbocycles. The highest BCUT2D eigenvalue weighted by molar-refractivity contribution is 6.30. The molecule has 0 saturated carbocycles. The van der Waals surface area contributed by atoms with Crippen LogP contribution >= 0.6 is 11.6 Å². The minimum absolute atomic E-state index is 0.119. The number of rotatable bonds is 5. The SMILES string of the molecule is CC(NCc1nc(-c2ccc(F)cc2)no1)c1ccc(Cl)cc1. The van der Waals surface area contributed by atoms with Crippen LogP contribution in [0.2, 0.25) is 5.02 Å². The number of hydrogen-bond donors (Lipinski definition) is 1. The van der Waals surface area contributed by atoms with Crippen molar-refractivity contribution in [2.45, 2.75) is 19.5 Å². The molecule has 118 valence electrons. The van der Waals surface area contributed by atoms with Crippen molar-refractivity contribution < 1.29 is 8.91 Å². The average molecular weight is 332 g/mol. The lowest BCUT2D eigenvalue weighted by Crippen LogP contribution is -2.18. The summed E-state index contributed by atoms with van der Waals surface area (Å²) in [5.74, 6) is 0.627. The lowest BCUT2D eigenvalue weighted by Gasteiger charge is -2.12. The van der Waals surface area contributed by atoms with E-state index in [1.54, 1.807) is 12.1 Å². The van der Waals surface area contributed by atoms with Gasteiger partial charge in [-0.05, 0) is 48.9 Å². The van der Waals surface area contributed by atoms with E-state index in [1.807, 2.05) is 31.2 Å². The third-order valence-corrected chi connectivity index (χ3v) is 3.75. The van der Waals surface area contributed by atoms with Crippen molar-refractivity contribution in [2.24, 2.45) is 0 Å². The Hall–Kier alpha value is -2.24. The van der Waals surface area contributed by atoms with Gasteiger partial charge >= 0.3 is 0 Å². The van der Waals surface area contributed by atoms with E-state index in [4.69, 9.17) is 16.1 Å². The van der Waals surface area contributed by atoms with Gasteiger partial charge in [-0.3, -0.25) is 0 Å². The van der Waals surface area contributed by atoms with Crippen molar-refractivity contribution in [2.75, 3.05) is 0 Å². The molecule has 1 atom stereocenters. The highest BCUT2D eigenvalue weighted by Gasteiger charge is 2.11. The fourth-order valence-electron chi connectivity index (χ4n) is 2.15. The quantitative estimate of drug-likeness (QED) is 0.753. The zero-order valence-corrected chi connectivity index (χ0v) is 13.2. The number of nitrogens with zero attached hydrogens (tertiary/aromatic N) is 2. The van der Waals surface area contributed by atoms with E-state index in [9.17, 15) is 4.39 Å². The lowest BCUT2D eigenvalue weighted by atomic mass is 10.1. The van der Waals surface area contributed by atoms with Crippen LogP contribution in [-0.2, 0) is 6.54 Å². The van der Waals surface area contributed by atoms with Crippen LogP contribution < -0.4 is 5.32 Å². The lowest BCUT2D eigenvalue weighted by molar-refractivity contribution is 0.360. The molecule has 0 radical (unpaired) electrons. The average Bonchev–Trinajstić information content (AvgIpc) is 3.03. The third kappa shape index (κ3) is 3.94. The Morgan fingerprint density at radius 3 is 2.52 bits per heavy atom. The van der Waals surface area contributed by atoms with E-state index in [2.05, 4.69) is 15.5 Å². The molecule has 4 nitrogen and oxygen atoms in total. The fourth-order valence-corrected chi connectivity index (χ4v) is 2.28. The van der Waals surface area contributed by atoms with E-state index in [1.165, 1.54) is 12.1 Å². The van der Waals surface area contributed by atoms with Crippen molar-refractivity contribution in [3.63, 3.8) is 0 Å². The summed E-state index contributed by atoms with van der Waals surface area (Å²) in [5.41, 5.74) is 1.83. The predicted octanol–water partition coefficient (Wildman–Crippen LogP) is 4.38. The minimum Gasteiger partial charge on any atom is -0.338 e. The molecule has 0 fully saturated rings. The Kier molecular flexibility index (Phi) is 4.69. The highest BCUT2D eigenvalue weighted by atomic mass is 35.5. The molecule has 0 aliphatic rings. The van der Waals surface area contributed by atoms with Crippen molar-refractivity contribution in [3.8, 4) is 11.4 Å². The number of nitrogens with one attached hydrogen (secondary N) is 1. The summed E-state index contributed by atoms with van der Waals surface area (Å²) in [6, 6.07) is 13.7. The molecule has 6 heteroatoms. The van der Waals surface area contributed by atoms with Gasteiger partial charge in [-0.25, -0.2) is 4.39 Å². The van der Waals surface area contributed by atoms with E-state index >= 15 is 0 Å². The monoisotopic (exact) mass is 331 g/mol. The molecule has 1 unspecified atom stereocenters. The van der Waals surface area contributed by atoms with E-state index in [-0.39, 0.29) is 11.9 Å². The molecule has 1 heterocycles. The summed E-state index contributed by atoms with van der Waals surface area (Å²) in [6.07, 6.45) is 0. The first-order chi connectivity index (χ1) is 11.1. The van der Waals surface area contributed by atoms with Gasteiger partial charge in [0.25, 0.3) is 0 Å². The first kappa shape index (κ1) is 15.6. The Morgan fingerprint density at radius 1 is 1.13 bits per heavy atom. The molecular formula is C17H15ClFN3O. The summed E-state index contributed by atoms with van der Waals surface area (Å²) in [5, 5.41) is 7.93. The van der Waals surface area contributed by atoms with Gasteiger partial charge in [0, 0.05) is 16.6 Å². The van der Waals surface area contributed by atoms with Gasteiger partial charge in [0.15, 0.2) is 0 Å². The third-order valence-electron chi connectivity index (χ3n) is 3.50. The topological polar surface area (TPSA) is 51.0 Å². The molecule has 3 aromatic rings. The second kappa shape index (κ2) is 6.89. The number of aromatic nitrogens is 2. The summed E-state index contributed by atoms with van der Waals surface area (Å²) in [6.45, 7) is 2.48. The summed E-state index contributed by atoms with van der Waals surface area (Å²) in [4.78, 5) is 4.31. The highest BCUT2D eigenvalue weighted by Crippen LogP contribution is 2.18. The van der Waals surface area contributed by atoms with Crippen molar-refractivity contribution >= 4 is 11.6 Å².